The Balaban J connectivity index is 1.80. The number of anilines is 2. The van der Waals surface area contributed by atoms with Crippen molar-refractivity contribution >= 4 is 34.0 Å². The third-order valence-electron chi connectivity index (χ3n) is 4.40. The topological polar surface area (TPSA) is 98.8 Å². The number of nitrogens with one attached hydrogen (secondary N) is 2. The van der Waals surface area contributed by atoms with Crippen molar-refractivity contribution in [3.8, 4) is 28.5 Å². The number of thiazole rings is 1. The lowest BCUT2D eigenvalue weighted by Gasteiger charge is -2.16. The van der Waals surface area contributed by atoms with Gasteiger partial charge in [0.1, 0.15) is 0 Å². The number of nitrogens with zero attached hydrogens (tertiary/aromatic N) is 1. The predicted molar refractivity (Wildman–Crippen MR) is 130 cm³/mol. The van der Waals surface area contributed by atoms with Crippen molar-refractivity contribution in [1.82, 2.24) is 4.98 Å². The Morgan fingerprint density at radius 2 is 1.52 bits per heavy atom. The van der Waals surface area contributed by atoms with Crippen molar-refractivity contribution in [2.45, 2.75) is 27.7 Å². The second kappa shape index (κ2) is 11.3. The van der Waals surface area contributed by atoms with Crippen LogP contribution in [-0.2, 0) is 4.79 Å². The van der Waals surface area contributed by atoms with Crippen LogP contribution in [0.1, 0.15) is 38.1 Å². The Labute approximate surface area is 196 Å². The van der Waals surface area contributed by atoms with Gasteiger partial charge in [-0.3, -0.25) is 14.9 Å². The fourth-order valence-corrected chi connectivity index (χ4v) is 3.80. The number of amides is 2. The number of rotatable bonds is 10. The molecular weight excluding hydrogens is 442 g/mol. The summed E-state index contributed by atoms with van der Waals surface area (Å²) >= 11 is 1.32. The van der Waals surface area contributed by atoms with Crippen LogP contribution in [0.3, 0.4) is 0 Å². The lowest BCUT2D eigenvalue weighted by Crippen LogP contribution is -2.13. The van der Waals surface area contributed by atoms with E-state index < -0.39 is 0 Å². The minimum atomic E-state index is -0.332. The molecule has 0 saturated heterocycles. The van der Waals surface area contributed by atoms with Crippen LogP contribution in [-0.4, -0.2) is 36.6 Å². The van der Waals surface area contributed by atoms with Crippen LogP contribution in [0, 0.1) is 0 Å². The molecule has 0 aliphatic heterocycles. The standard InChI is InChI=1S/C24H27N3O5S/c1-5-30-20-12-17(13-21(31-6-2)22(20)32-7-3)23(29)27-24-26-19(14-33-24)16-8-10-18(11-9-16)25-15(4)28/h8-14H,5-7H2,1-4H3,(H,25,28)(H,26,27,29). The highest BCUT2D eigenvalue weighted by Crippen LogP contribution is 2.39. The van der Waals surface area contributed by atoms with Gasteiger partial charge >= 0.3 is 0 Å². The molecule has 8 nitrogen and oxygen atoms in total. The van der Waals surface area contributed by atoms with Crippen molar-refractivity contribution < 1.29 is 23.8 Å². The molecule has 174 valence electrons. The summed E-state index contributed by atoms with van der Waals surface area (Å²) in [5.41, 5.74) is 2.68. The number of hydrogen-bond donors (Lipinski definition) is 2. The van der Waals surface area contributed by atoms with Gasteiger partial charge in [-0.1, -0.05) is 12.1 Å². The van der Waals surface area contributed by atoms with E-state index in [1.807, 2.05) is 38.3 Å². The Hall–Kier alpha value is -3.59. The fourth-order valence-electron chi connectivity index (χ4n) is 3.08. The monoisotopic (exact) mass is 469 g/mol. The predicted octanol–water partition coefficient (Wildman–Crippen LogP) is 5.22. The molecule has 2 aromatic carbocycles. The van der Waals surface area contributed by atoms with Gasteiger partial charge in [0.15, 0.2) is 16.6 Å². The maximum absolute atomic E-state index is 13.0. The first-order valence-corrected chi connectivity index (χ1v) is 11.5. The number of hydrogen-bond acceptors (Lipinski definition) is 7. The van der Waals surface area contributed by atoms with E-state index in [0.717, 1.165) is 11.3 Å². The number of aromatic nitrogens is 1. The average Bonchev–Trinajstić information content (AvgIpc) is 3.24. The molecule has 33 heavy (non-hydrogen) atoms. The van der Waals surface area contributed by atoms with Crippen LogP contribution in [0.25, 0.3) is 11.3 Å². The number of carbonyl (C=O) groups is 2. The molecule has 0 radical (unpaired) electrons. The number of benzene rings is 2. The molecule has 0 unspecified atom stereocenters. The molecule has 0 spiro atoms. The summed E-state index contributed by atoms with van der Waals surface area (Å²) in [6, 6.07) is 10.6. The molecule has 0 aliphatic carbocycles. The quantitative estimate of drug-likeness (QED) is 0.423. The summed E-state index contributed by atoms with van der Waals surface area (Å²) < 4.78 is 17.1. The van der Waals surface area contributed by atoms with Crippen LogP contribution in [0.2, 0.25) is 0 Å². The van der Waals surface area contributed by atoms with Crippen LogP contribution in [0.4, 0.5) is 10.8 Å². The van der Waals surface area contributed by atoms with Crippen molar-refractivity contribution in [2.24, 2.45) is 0 Å². The molecule has 0 bridgehead atoms. The van der Waals surface area contributed by atoms with Crippen molar-refractivity contribution in [3.05, 3.63) is 47.3 Å². The van der Waals surface area contributed by atoms with Crippen LogP contribution < -0.4 is 24.8 Å². The van der Waals surface area contributed by atoms with E-state index in [4.69, 9.17) is 14.2 Å². The Morgan fingerprint density at radius 3 is 2.06 bits per heavy atom. The van der Waals surface area contributed by atoms with Crippen LogP contribution >= 0.6 is 11.3 Å². The molecule has 0 saturated carbocycles. The van der Waals surface area contributed by atoms with E-state index in [0.29, 0.717) is 53.5 Å². The van der Waals surface area contributed by atoms with Crippen molar-refractivity contribution in [2.75, 3.05) is 30.5 Å². The summed E-state index contributed by atoms with van der Waals surface area (Å²) in [7, 11) is 0. The normalized spacial score (nSPS) is 10.4. The molecule has 3 aromatic rings. The lowest BCUT2D eigenvalue weighted by molar-refractivity contribution is -0.114. The summed E-state index contributed by atoms with van der Waals surface area (Å²) in [5, 5.41) is 7.89. The van der Waals surface area contributed by atoms with Gasteiger partial charge in [0, 0.05) is 29.1 Å². The number of ether oxygens (including phenoxy) is 3. The highest BCUT2D eigenvalue weighted by Gasteiger charge is 2.19. The largest absolute Gasteiger partial charge is 0.490 e. The van der Waals surface area contributed by atoms with Gasteiger partial charge in [0.05, 0.1) is 25.5 Å². The molecule has 9 heteroatoms. The zero-order chi connectivity index (χ0) is 23.8. The van der Waals surface area contributed by atoms with Gasteiger partial charge in [-0.05, 0) is 45.0 Å². The summed E-state index contributed by atoms with van der Waals surface area (Å²) in [6.45, 7) is 8.35. The van der Waals surface area contributed by atoms with E-state index >= 15 is 0 Å². The molecule has 2 N–H and O–H groups in total. The Morgan fingerprint density at radius 1 is 0.909 bits per heavy atom. The molecule has 0 fully saturated rings. The Bertz CT molecular complexity index is 1080. The van der Waals surface area contributed by atoms with E-state index in [-0.39, 0.29) is 11.8 Å². The van der Waals surface area contributed by atoms with E-state index in [1.54, 1.807) is 24.3 Å². The van der Waals surface area contributed by atoms with Crippen LogP contribution in [0.5, 0.6) is 17.2 Å². The summed E-state index contributed by atoms with van der Waals surface area (Å²) in [5.74, 6) is 0.929. The summed E-state index contributed by atoms with van der Waals surface area (Å²) in [4.78, 5) is 28.6. The van der Waals surface area contributed by atoms with Gasteiger partial charge in [-0.15, -0.1) is 11.3 Å². The van der Waals surface area contributed by atoms with Gasteiger partial charge in [0.25, 0.3) is 5.91 Å². The SMILES string of the molecule is CCOc1cc(C(=O)Nc2nc(-c3ccc(NC(C)=O)cc3)cs2)cc(OCC)c1OCC. The highest BCUT2D eigenvalue weighted by molar-refractivity contribution is 7.14. The third-order valence-corrected chi connectivity index (χ3v) is 5.15. The molecule has 0 aliphatic rings. The first kappa shape index (κ1) is 24.1. The maximum atomic E-state index is 13.0. The van der Waals surface area contributed by atoms with Gasteiger partial charge in [-0.2, -0.15) is 0 Å². The van der Waals surface area contributed by atoms with Gasteiger partial charge in [0.2, 0.25) is 11.7 Å². The van der Waals surface area contributed by atoms with Crippen LogP contribution in [0.15, 0.2) is 41.8 Å². The zero-order valence-electron chi connectivity index (χ0n) is 19.1. The second-order valence-electron chi connectivity index (χ2n) is 6.85. The minimum absolute atomic E-state index is 0.129. The molecule has 2 amide bonds. The zero-order valence-corrected chi connectivity index (χ0v) is 19.9. The first-order chi connectivity index (χ1) is 15.9. The van der Waals surface area contributed by atoms with Crippen molar-refractivity contribution in [1.29, 1.82) is 0 Å². The molecule has 1 aromatic heterocycles. The molecule has 0 atom stereocenters. The lowest BCUT2D eigenvalue weighted by atomic mass is 10.1. The Kier molecular flexibility index (Phi) is 8.26. The number of carbonyl (C=O) groups excluding carboxylic acids is 2. The van der Waals surface area contributed by atoms with E-state index in [1.165, 1.54) is 18.3 Å². The van der Waals surface area contributed by atoms with Gasteiger partial charge < -0.3 is 19.5 Å². The van der Waals surface area contributed by atoms with E-state index in [9.17, 15) is 9.59 Å². The molecule has 1 heterocycles. The average molecular weight is 470 g/mol. The highest BCUT2D eigenvalue weighted by atomic mass is 32.1. The maximum Gasteiger partial charge on any atom is 0.257 e. The van der Waals surface area contributed by atoms with E-state index in [2.05, 4.69) is 15.6 Å². The second-order valence-corrected chi connectivity index (χ2v) is 7.71. The van der Waals surface area contributed by atoms with Gasteiger partial charge in [-0.25, -0.2) is 4.98 Å². The molecular formula is C24H27N3O5S. The molecule has 3 rings (SSSR count). The fraction of sp³-hybridized carbons (Fsp3) is 0.292. The van der Waals surface area contributed by atoms with Crippen molar-refractivity contribution in [3.63, 3.8) is 0 Å². The minimum Gasteiger partial charge on any atom is -0.490 e. The smallest absolute Gasteiger partial charge is 0.257 e. The third kappa shape index (κ3) is 6.23. The first-order valence-electron chi connectivity index (χ1n) is 10.7. The summed E-state index contributed by atoms with van der Waals surface area (Å²) in [6.07, 6.45) is 0.